The van der Waals surface area contributed by atoms with Crippen molar-refractivity contribution in [1.29, 1.82) is 0 Å². The van der Waals surface area contributed by atoms with Gasteiger partial charge in [0.25, 0.3) is 0 Å². The van der Waals surface area contributed by atoms with Crippen molar-refractivity contribution in [2.24, 2.45) is 5.73 Å². The third-order valence-electron chi connectivity index (χ3n) is 8.23. The van der Waals surface area contributed by atoms with Crippen molar-refractivity contribution in [3.63, 3.8) is 0 Å². The molecule has 4 N–H and O–H groups in total. The molecule has 0 radical (unpaired) electrons. The molecule has 254 valence electrons. The highest BCUT2D eigenvalue weighted by molar-refractivity contribution is 5.91. The number of ether oxygens (including phenoxy) is 1. The summed E-state index contributed by atoms with van der Waals surface area (Å²) in [5, 5.41) is 9.53. The zero-order valence-electron chi connectivity index (χ0n) is 25.5. The van der Waals surface area contributed by atoms with Gasteiger partial charge in [0.15, 0.2) is 5.82 Å². The summed E-state index contributed by atoms with van der Waals surface area (Å²) in [5.74, 6) is 0.215. The van der Waals surface area contributed by atoms with Gasteiger partial charge in [-0.15, -0.1) is 0 Å². The maximum atomic E-state index is 13.7. The van der Waals surface area contributed by atoms with E-state index >= 15 is 0 Å². The van der Waals surface area contributed by atoms with Crippen LogP contribution in [0.25, 0.3) is 22.6 Å². The van der Waals surface area contributed by atoms with E-state index in [1.54, 1.807) is 17.3 Å². The summed E-state index contributed by atoms with van der Waals surface area (Å²) in [6, 6.07) is 0.321. The van der Waals surface area contributed by atoms with Crippen LogP contribution in [-0.2, 0) is 6.18 Å². The number of carbonyl (C=O) groups excluding carboxylic acids is 1. The number of nitrogens with two attached hydrogens (primary N) is 1. The fraction of sp³-hybridized carbons (Fsp3) is 0.448. The molecular formula is C29H31F5N12O2. The minimum atomic E-state index is -4.84. The first-order valence-electron chi connectivity index (χ1n) is 15.0. The summed E-state index contributed by atoms with van der Waals surface area (Å²) in [4.78, 5) is 40.1. The van der Waals surface area contributed by atoms with Crippen molar-refractivity contribution in [2.75, 3.05) is 23.9 Å². The van der Waals surface area contributed by atoms with Gasteiger partial charge in [-0.2, -0.15) is 27.1 Å². The van der Waals surface area contributed by atoms with Crippen LogP contribution < -0.4 is 26.0 Å². The molecule has 2 amide bonds. The van der Waals surface area contributed by atoms with E-state index in [1.807, 2.05) is 0 Å². The predicted octanol–water partition coefficient (Wildman–Crippen LogP) is 4.44. The number of alkyl halides is 5. The fourth-order valence-electron chi connectivity index (χ4n) is 5.37. The van der Waals surface area contributed by atoms with Crippen molar-refractivity contribution < 1.29 is 31.5 Å². The number of carbonyl (C=O) groups is 1. The lowest BCUT2D eigenvalue weighted by atomic mass is 9.90. The lowest BCUT2D eigenvalue weighted by Gasteiger charge is -2.36. The molecule has 0 bridgehead atoms. The summed E-state index contributed by atoms with van der Waals surface area (Å²) in [6.45, 7) is -2.72. The molecular weight excluding hydrogens is 643 g/mol. The van der Waals surface area contributed by atoms with Crippen molar-refractivity contribution in [3.8, 4) is 28.7 Å². The van der Waals surface area contributed by atoms with Crippen LogP contribution in [0.3, 0.4) is 0 Å². The zero-order chi connectivity index (χ0) is 34.1. The molecule has 48 heavy (non-hydrogen) atoms. The van der Waals surface area contributed by atoms with Crippen molar-refractivity contribution in [2.45, 2.75) is 68.9 Å². The first-order chi connectivity index (χ1) is 22.9. The van der Waals surface area contributed by atoms with Gasteiger partial charge in [-0.3, -0.25) is 9.88 Å². The number of urea groups is 1. The van der Waals surface area contributed by atoms with Crippen LogP contribution in [0.1, 0.15) is 50.6 Å². The van der Waals surface area contributed by atoms with E-state index in [-0.39, 0.29) is 40.4 Å². The lowest BCUT2D eigenvalue weighted by molar-refractivity contribution is -0.137. The molecule has 0 saturated heterocycles. The monoisotopic (exact) mass is 674 g/mol. The van der Waals surface area contributed by atoms with Gasteiger partial charge in [-0.05, 0) is 44.6 Å². The Morgan fingerprint density at radius 1 is 1.04 bits per heavy atom. The molecule has 19 heteroatoms. The van der Waals surface area contributed by atoms with E-state index in [1.165, 1.54) is 19.5 Å². The minimum Gasteiger partial charge on any atom is -0.467 e. The van der Waals surface area contributed by atoms with Gasteiger partial charge < -0.3 is 21.1 Å². The standard InChI is InChI=1S/C29H31F5N12O2/c1-48-26-39-10-16(11-40-26)21-13-37-22(14-36-21)46(27(47)41-15-28(35)7-8-28)18-4-2-17(3-5-18)42-25-38-12-19(29(32,33)34)23(43-25)20-6-9-45(44-20)24(30)31/h6,9-14,17-18,24H,2-5,7-8,15,35H2,1H3,(H,41,47)(H,38,42,43). The first-order valence-corrected chi connectivity index (χ1v) is 15.0. The maximum Gasteiger partial charge on any atom is 0.420 e. The van der Waals surface area contributed by atoms with Gasteiger partial charge in [-0.25, -0.2) is 34.4 Å². The van der Waals surface area contributed by atoms with Gasteiger partial charge in [0, 0.05) is 54.5 Å². The van der Waals surface area contributed by atoms with E-state index in [4.69, 9.17) is 10.5 Å². The average molecular weight is 675 g/mol. The minimum absolute atomic E-state index is 0.107. The highest BCUT2D eigenvalue weighted by Gasteiger charge is 2.40. The van der Waals surface area contributed by atoms with Crippen molar-refractivity contribution >= 4 is 17.8 Å². The van der Waals surface area contributed by atoms with Gasteiger partial charge >= 0.3 is 24.8 Å². The Hall–Kier alpha value is -5.07. The van der Waals surface area contributed by atoms with E-state index in [9.17, 15) is 26.7 Å². The van der Waals surface area contributed by atoms with Crippen LogP contribution in [0.15, 0.2) is 43.2 Å². The summed E-state index contributed by atoms with van der Waals surface area (Å²) < 4.78 is 72.5. The van der Waals surface area contributed by atoms with Gasteiger partial charge in [0.1, 0.15) is 17.0 Å². The van der Waals surface area contributed by atoms with Gasteiger partial charge in [-0.1, -0.05) is 0 Å². The molecule has 6 rings (SSSR count). The van der Waals surface area contributed by atoms with Crippen LogP contribution in [0, 0.1) is 0 Å². The number of aromatic nitrogens is 8. The third-order valence-corrected chi connectivity index (χ3v) is 8.23. The topological polar surface area (TPSA) is 175 Å². The summed E-state index contributed by atoms with van der Waals surface area (Å²) >= 11 is 0. The smallest absolute Gasteiger partial charge is 0.420 e. The van der Waals surface area contributed by atoms with Crippen LogP contribution >= 0.6 is 0 Å². The number of rotatable bonds is 10. The fourth-order valence-corrected chi connectivity index (χ4v) is 5.37. The highest BCUT2D eigenvalue weighted by atomic mass is 19.4. The number of amides is 2. The molecule has 0 aliphatic heterocycles. The molecule has 2 aliphatic carbocycles. The van der Waals surface area contributed by atoms with Crippen molar-refractivity contribution in [3.05, 3.63) is 48.8 Å². The van der Waals surface area contributed by atoms with Crippen molar-refractivity contribution in [1.82, 2.24) is 45.0 Å². The second-order valence-corrected chi connectivity index (χ2v) is 11.7. The number of nitrogens with zero attached hydrogens (tertiary/aromatic N) is 9. The largest absolute Gasteiger partial charge is 0.467 e. The number of methoxy groups -OCH3 is 1. The Morgan fingerprint density at radius 2 is 1.77 bits per heavy atom. The summed E-state index contributed by atoms with van der Waals surface area (Å²) in [5.41, 5.74) is 4.69. The Bertz CT molecular complexity index is 1720. The molecule has 2 aliphatic rings. The summed E-state index contributed by atoms with van der Waals surface area (Å²) in [7, 11) is 1.46. The van der Waals surface area contributed by atoms with E-state index in [0.29, 0.717) is 55.5 Å². The Labute approximate surface area is 270 Å². The molecule has 0 unspecified atom stereocenters. The number of halogens is 5. The van der Waals surface area contributed by atoms with Crippen LogP contribution in [0.2, 0.25) is 0 Å². The normalized spacial score (nSPS) is 18.8. The quantitative estimate of drug-likeness (QED) is 0.203. The molecule has 2 saturated carbocycles. The molecule has 0 aromatic carbocycles. The molecule has 14 nitrogen and oxygen atoms in total. The Balaban J connectivity index is 1.17. The van der Waals surface area contributed by atoms with Gasteiger partial charge in [0.2, 0.25) is 5.95 Å². The lowest BCUT2D eigenvalue weighted by Crippen LogP contribution is -2.51. The Morgan fingerprint density at radius 3 is 2.35 bits per heavy atom. The van der Waals surface area contributed by atoms with Crippen LogP contribution in [0.5, 0.6) is 6.01 Å². The number of hydrogen-bond acceptors (Lipinski definition) is 11. The summed E-state index contributed by atoms with van der Waals surface area (Å²) in [6.07, 6.45) is 6.37. The number of anilines is 2. The average Bonchev–Trinajstić information content (AvgIpc) is 3.60. The predicted molar refractivity (Wildman–Crippen MR) is 161 cm³/mol. The molecule has 4 heterocycles. The Kier molecular flexibility index (Phi) is 9.04. The number of nitrogens with one attached hydrogen (secondary N) is 2. The first kappa shape index (κ1) is 32.9. The molecule has 0 atom stereocenters. The maximum absolute atomic E-state index is 13.7. The third kappa shape index (κ3) is 7.40. The van der Waals surface area contributed by atoms with Crippen LogP contribution in [0.4, 0.5) is 38.5 Å². The number of hydrogen-bond donors (Lipinski definition) is 3. The molecule has 0 spiro atoms. The van der Waals surface area contributed by atoms with E-state index in [2.05, 4.69) is 45.6 Å². The molecule has 4 aromatic rings. The molecule has 4 aromatic heterocycles. The van der Waals surface area contributed by atoms with Crippen LogP contribution in [-0.4, -0.2) is 77.0 Å². The van der Waals surface area contributed by atoms with Gasteiger partial charge in [0.05, 0.1) is 25.2 Å². The zero-order valence-corrected chi connectivity index (χ0v) is 25.5. The second kappa shape index (κ2) is 13.2. The molecule has 2 fully saturated rings. The van der Waals surface area contributed by atoms with E-state index in [0.717, 1.165) is 25.1 Å². The van der Waals surface area contributed by atoms with E-state index < -0.39 is 29.5 Å². The highest BCUT2D eigenvalue weighted by Crippen LogP contribution is 2.36. The SMILES string of the molecule is COc1ncc(-c2cnc(N(C(=O)NCC3(N)CC3)C3CCC(Nc4ncc(C(F)(F)F)c(-c5ccn(C(F)F)n5)n4)CC3)cn2)cn1. The second-order valence-electron chi connectivity index (χ2n) is 11.7.